The highest BCUT2D eigenvalue weighted by atomic mass is 32.2. The number of benzene rings is 2. The van der Waals surface area contributed by atoms with Crippen LogP contribution in [0.3, 0.4) is 0 Å². The third-order valence-corrected chi connectivity index (χ3v) is 6.51. The molecule has 1 aliphatic rings. The highest BCUT2D eigenvalue weighted by molar-refractivity contribution is 7.89. The molecule has 8 heteroatoms. The summed E-state index contributed by atoms with van der Waals surface area (Å²) in [5.74, 6) is -0.332. The zero-order valence-electron chi connectivity index (χ0n) is 16.2. The van der Waals surface area contributed by atoms with Crippen molar-refractivity contribution < 1.29 is 13.2 Å². The van der Waals surface area contributed by atoms with Crippen LogP contribution in [0.2, 0.25) is 0 Å². The molecule has 29 heavy (non-hydrogen) atoms. The van der Waals surface area contributed by atoms with Crippen molar-refractivity contribution in [1.82, 2.24) is 9.62 Å². The number of amidine groups is 1. The van der Waals surface area contributed by atoms with Crippen LogP contribution in [-0.2, 0) is 21.2 Å². The minimum atomic E-state index is -3.91. The van der Waals surface area contributed by atoms with Crippen LogP contribution < -0.4 is 10.5 Å². The number of amides is 1. The molecule has 2 aromatic carbocycles. The topological polar surface area (TPSA) is 116 Å². The zero-order valence-corrected chi connectivity index (χ0v) is 17.0. The van der Waals surface area contributed by atoms with E-state index < -0.39 is 16.1 Å². The van der Waals surface area contributed by atoms with Gasteiger partial charge in [-0.2, -0.15) is 4.72 Å². The van der Waals surface area contributed by atoms with Crippen molar-refractivity contribution in [3.63, 3.8) is 0 Å². The zero-order chi connectivity index (χ0) is 20.9. The van der Waals surface area contributed by atoms with E-state index in [9.17, 15) is 13.2 Å². The standard InChI is InChI=1S/C21H26N4O3S/c22-20(23)17-9-11-18(12-10-17)29(27,28)24-19(15-16-7-3-1-4-8-16)21(26)25-13-5-2-6-14-25/h1,3-4,7-12,19,24H,2,5-6,13-15H2,(H3,22,23). The lowest BCUT2D eigenvalue weighted by molar-refractivity contribution is -0.133. The molecular formula is C21H26N4O3S. The van der Waals surface area contributed by atoms with Gasteiger partial charge in [0.25, 0.3) is 0 Å². The maximum atomic E-state index is 13.1. The van der Waals surface area contributed by atoms with Crippen molar-refractivity contribution in [2.75, 3.05) is 13.1 Å². The molecule has 1 atom stereocenters. The summed E-state index contributed by atoms with van der Waals surface area (Å²) < 4.78 is 28.5. The number of carbonyl (C=O) groups is 1. The van der Waals surface area contributed by atoms with Crippen LogP contribution in [0.5, 0.6) is 0 Å². The van der Waals surface area contributed by atoms with Crippen molar-refractivity contribution >= 4 is 21.8 Å². The first kappa shape index (κ1) is 21.0. The van der Waals surface area contributed by atoms with Crippen LogP contribution in [0.25, 0.3) is 0 Å². The molecule has 0 aliphatic carbocycles. The van der Waals surface area contributed by atoms with Crippen LogP contribution >= 0.6 is 0 Å². The van der Waals surface area contributed by atoms with Crippen molar-refractivity contribution in [3.8, 4) is 0 Å². The Morgan fingerprint density at radius 2 is 1.66 bits per heavy atom. The SMILES string of the molecule is N=C(N)c1ccc(S(=O)(=O)NC(Cc2ccccc2)C(=O)N2CCCCC2)cc1. The molecule has 0 bridgehead atoms. The number of likely N-dealkylation sites (tertiary alicyclic amines) is 1. The summed E-state index contributed by atoms with van der Waals surface area (Å²) >= 11 is 0. The van der Waals surface area contributed by atoms with Gasteiger partial charge in [0.1, 0.15) is 11.9 Å². The van der Waals surface area contributed by atoms with Crippen molar-refractivity contribution in [1.29, 1.82) is 5.41 Å². The molecule has 0 saturated carbocycles. The summed E-state index contributed by atoms with van der Waals surface area (Å²) in [6, 6.07) is 14.2. The predicted molar refractivity (Wildman–Crippen MR) is 112 cm³/mol. The highest BCUT2D eigenvalue weighted by Gasteiger charge is 2.30. The lowest BCUT2D eigenvalue weighted by Crippen LogP contribution is -2.50. The molecular weight excluding hydrogens is 388 g/mol. The minimum Gasteiger partial charge on any atom is -0.384 e. The fourth-order valence-corrected chi connectivity index (χ4v) is 4.62. The Kier molecular flexibility index (Phi) is 6.66. The second-order valence-electron chi connectivity index (χ2n) is 7.19. The van der Waals surface area contributed by atoms with Gasteiger partial charge >= 0.3 is 0 Å². The molecule has 4 N–H and O–H groups in total. The number of nitrogen functional groups attached to an aromatic ring is 1. The first-order valence-corrected chi connectivity index (χ1v) is 11.1. The van der Waals surface area contributed by atoms with Gasteiger partial charge in [-0.15, -0.1) is 0 Å². The van der Waals surface area contributed by atoms with Gasteiger partial charge in [0.05, 0.1) is 4.90 Å². The van der Waals surface area contributed by atoms with E-state index >= 15 is 0 Å². The monoisotopic (exact) mass is 414 g/mol. The summed E-state index contributed by atoms with van der Waals surface area (Å²) in [4.78, 5) is 14.9. The molecule has 0 spiro atoms. The lowest BCUT2D eigenvalue weighted by atomic mass is 10.0. The number of rotatable bonds is 7. The molecule has 0 aromatic heterocycles. The number of piperidine rings is 1. The molecule has 1 aliphatic heterocycles. The number of sulfonamides is 1. The molecule has 1 amide bonds. The Morgan fingerprint density at radius 3 is 2.24 bits per heavy atom. The van der Waals surface area contributed by atoms with Crippen LogP contribution in [0, 0.1) is 5.41 Å². The van der Waals surface area contributed by atoms with Gasteiger partial charge in [-0.3, -0.25) is 10.2 Å². The number of hydrogen-bond donors (Lipinski definition) is 3. The number of carbonyl (C=O) groups excluding carboxylic acids is 1. The molecule has 1 fully saturated rings. The summed E-state index contributed by atoms with van der Waals surface area (Å²) in [6.45, 7) is 1.30. The molecule has 1 heterocycles. The van der Waals surface area contributed by atoms with Crippen LogP contribution in [0.4, 0.5) is 0 Å². The van der Waals surface area contributed by atoms with Gasteiger partial charge < -0.3 is 10.6 Å². The molecule has 2 aromatic rings. The minimum absolute atomic E-state index is 0.0343. The van der Waals surface area contributed by atoms with E-state index in [1.54, 1.807) is 4.90 Å². The number of nitrogens with zero attached hydrogens (tertiary/aromatic N) is 1. The fourth-order valence-electron chi connectivity index (χ4n) is 3.43. The van der Waals surface area contributed by atoms with Crippen LogP contribution in [0.1, 0.15) is 30.4 Å². The van der Waals surface area contributed by atoms with Gasteiger partial charge in [0.15, 0.2) is 0 Å². The van der Waals surface area contributed by atoms with Crippen molar-refractivity contribution in [3.05, 3.63) is 65.7 Å². The smallest absolute Gasteiger partial charge is 0.241 e. The molecule has 3 rings (SSSR count). The fraction of sp³-hybridized carbons (Fsp3) is 0.333. The van der Waals surface area contributed by atoms with E-state index in [4.69, 9.17) is 11.1 Å². The molecule has 154 valence electrons. The summed E-state index contributed by atoms with van der Waals surface area (Å²) in [6.07, 6.45) is 3.23. The molecule has 7 nitrogen and oxygen atoms in total. The van der Waals surface area contributed by atoms with E-state index in [1.165, 1.54) is 24.3 Å². The van der Waals surface area contributed by atoms with Crippen molar-refractivity contribution in [2.24, 2.45) is 5.73 Å². The Balaban J connectivity index is 1.84. The Hall–Kier alpha value is -2.71. The van der Waals surface area contributed by atoms with E-state index in [1.807, 2.05) is 30.3 Å². The third kappa shape index (κ3) is 5.42. The summed E-state index contributed by atoms with van der Waals surface area (Å²) in [7, 11) is -3.91. The quantitative estimate of drug-likeness (QED) is 0.474. The summed E-state index contributed by atoms with van der Waals surface area (Å²) in [5, 5.41) is 7.43. The maximum absolute atomic E-state index is 13.1. The van der Waals surface area contributed by atoms with E-state index in [-0.39, 0.29) is 23.1 Å². The van der Waals surface area contributed by atoms with Crippen LogP contribution in [0.15, 0.2) is 59.5 Å². The van der Waals surface area contributed by atoms with Crippen molar-refractivity contribution in [2.45, 2.75) is 36.6 Å². The Labute approximate surface area is 171 Å². The van der Waals surface area contributed by atoms with Gasteiger partial charge in [0.2, 0.25) is 15.9 Å². The average Bonchev–Trinajstić information content (AvgIpc) is 2.74. The second-order valence-corrected chi connectivity index (χ2v) is 8.90. The van der Waals surface area contributed by atoms with Gasteiger partial charge in [-0.05, 0) is 55.5 Å². The van der Waals surface area contributed by atoms with Crippen LogP contribution in [-0.4, -0.2) is 44.2 Å². The first-order valence-electron chi connectivity index (χ1n) is 9.66. The molecule has 0 radical (unpaired) electrons. The molecule has 1 unspecified atom stereocenters. The lowest BCUT2D eigenvalue weighted by Gasteiger charge is -2.30. The third-order valence-electron chi connectivity index (χ3n) is 5.02. The number of nitrogens with two attached hydrogens (primary N) is 1. The number of nitrogens with one attached hydrogen (secondary N) is 2. The van der Waals surface area contributed by atoms with Gasteiger partial charge in [-0.25, -0.2) is 8.42 Å². The Morgan fingerprint density at radius 1 is 1.03 bits per heavy atom. The van der Waals surface area contributed by atoms with Gasteiger partial charge in [-0.1, -0.05) is 30.3 Å². The highest BCUT2D eigenvalue weighted by Crippen LogP contribution is 2.16. The second kappa shape index (κ2) is 9.19. The largest absolute Gasteiger partial charge is 0.384 e. The Bertz CT molecular complexity index is 953. The summed E-state index contributed by atoms with van der Waals surface area (Å²) in [5.41, 5.74) is 6.76. The van der Waals surface area contributed by atoms with E-state index in [0.29, 0.717) is 18.7 Å². The predicted octanol–water partition coefficient (Wildman–Crippen LogP) is 1.87. The normalized spacial score (nSPS) is 15.7. The first-order chi connectivity index (χ1) is 13.9. The van der Waals surface area contributed by atoms with Gasteiger partial charge in [0, 0.05) is 18.7 Å². The molecule has 1 saturated heterocycles. The van der Waals surface area contributed by atoms with E-state index in [0.717, 1.165) is 24.8 Å². The van der Waals surface area contributed by atoms with E-state index in [2.05, 4.69) is 4.72 Å². The number of hydrogen-bond acceptors (Lipinski definition) is 4. The average molecular weight is 415 g/mol. The maximum Gasteiger partial charge on any atom is 0.241 e.